The monoisotopic (exact) mass is 606 g/mol. The Hall–Kier alpha value is -4.10. The summed E-state index contributed by atoms with van der Waals surface area (Å²) in [7, 11) is 0. The molecule has 3 rings (SSSR count). The van der Waals surface area contributed by atoms with Gasteiger partial charge in [0.2, 0.25) is 0 Å². The van der Waals surface area contributed by atoms with Crippen LogP contribution in [0.4, 0.5) is 9.59 Å². The molecule has 10 heteroatoms. The van der Waals surface area contributed by atoms with Gasteiger partial charge in [0.1, 0.15) is 16.9 Å². The van der Waals surface area contributed by atoms with Gasteiger partial charge in [0, 0.05) is 56.9 Å². The number of amides is 2. The van der Waals surface area contributed by atoms with E-state index in [0.717, 1.165) is 11.1 Å². The van der Waals surface area contributed by atoms with E-state index in [-0.39, 0.29) is 12.3 Å². The van der Waals surface area contributed by atoms with Crippen LogP contribution in [0.25, 0.3) is 0 Å². The third kappa shape index (κ3) is 11.5. The SMILES string of the molecule is CCOC(=O)c1cc(C#Cc2ccc(C)cc2)cc(CN2CCN(C(=O)OC(C)(C)C)CCN(C(=O)OC(C)(C)C)CC2)n1. The molecule has 0 N–H and O–H groups in total. The van der Waals surface area contributed by atoms with Crippen molar-refractivity contribution in [1.29, 1.82) is 0 Å². The zero-order valence-electron chi connectivity index (χ0n) is 27.4. The van der Waals surface area contributed by atoms with Crippen LogP contribution < -0.4 is 0 Å². The highest BCUT2D eigenvalue weighted by Gasteiger charge is 2.28. The van der Waals surface area contributed by atoms with Crippen LogP contribution in [0, 0.1) is 18.8 Å². The number of hydrogen-bond acceptors (Lipinski definition) is 8. The van der Waals surface area contributed by atoms with E-state index in [1.807, 2.05) is 78.8 Å². The fourth-order valence-electron chi connectivity index (χ4n) is 4.34. The summed E-state index contributed by atoms with van der Waals surface area (Å²) >= 11 is 0. The van der Waals surface area contributed by atoms with Gasteiger partial charge in [-0.3, -0.25) is 4.90 Å². The minimum absolute atomic E-state index is 0.174. The standard InChI is InChI=1S/C34H46N4O6/c1-9-42-30(39)29-23-27(15-14-26-12-10-25(2)11-13-26)22-28(35-29)24-36-16-18-37(31(40)43-33(3,4)5)20-21-38(19-17-36)32(41)44-34(6,7)8/h10-13,22-23H,9,16-21,24H2,1-8H3. The molecule has 0 saturated carbocycles. The molecule has 2 amide bonds. The van der Waals surface area contributed by atoms with E-state index in [9.17, 15) is 14.4 Å². The molecule has 1 aromatic heterocycles. The fourth-order valence-corrected chi connectivity index (χ4v) is 4.34. The highest BCUT2D eigenvalue weighted by atomic mass is 16.6. The Morgan fingerprint density at radius 3 is 1.77 bits per heavy atom. The Bertz CT molecular complexity index is 1330. The molecule has 0 bridgehead atoms. The van der Waals surface area contributed by atoms with E-state index in [2.05, 4.69) is 21.7 Å². The first kappa shape index (κ1) is 34.4. The molecule has 0 unspecified atom stereocenters. The maximum Gasteiger partial charge on any atom is 0.410 e. The van der Waals surface area contributed by atoms with Crippen molar-refractivity contribution in [2.45, 2.75) is 73.1 Å². The summed E-state index contributed by atoms with van der Waals surface area (Å²) in [6, 6.07) is 11.4. The second kappa shape index (κ2) is 15.1. The Morgan fingerprint density at radius 2 is 1.27 bits per heavy atom. The highest BCUT2D eigenvalue weighted by molar-refractivity contribution is 5.87. The number of nitrogens with zero attached hydrogens (tertiary/aromatic N) is 4. The summed E-state index contributed by atoms with van der Waals surface area (Å²) in [5.41, 5.74) is 2.11. The number of aryl methyl sites for hydroxylation is 1. The number of benzene rings is 1. The normalized spacial score (nSPS) is 14.8. The van der Waals surface area contributed by atoms with Crippen LogP contribution in [-0.4, -0.2) is 94.9 Å². The topological polar surface area (TPSA) is 102 Å². The van der Waals surface area contributed by atoms with Gasteiger partial charge in [0.25, 0.3) is 0 Å². The number of pyridine rings is 1. The number of rotatable bonds is 4. The Kier molecular flexibility index (Phi) is 11.8. The molecule has 0 spiro atoms. The maximum absolute atomic E-state index is 13.1. The second-order valence-electron chi connectivity index (χ2n) is 12.8. The van der Waals surface area contributed by atoms with Crippen molar-refractivity contribution in [2.24, 2.45) is 0 Å². The molecule has 1 aromatic carbocycles. The van der Waals surface area contributed by atoms with E-state index < -0.39 is 29.4 Å². The summed E-state index contributed by atoms with van der Waals surface area (Å²) in [6.45, 7) is 17.6. The average molecular weight is 607 g/mol. The zero-order chi connectivity index (χ0) is 32.5. The van der Waals surface area contributed by atoms with Gasteiger partial charge in [0.15, 0.2) is 0 Å². The summed E-state index contributed by atoms with van der Waals surface area (Å²) in [6.07, 6.45) is -0.890. The maximum atomic E-state index is 13.1. The van der Waals surface area contributed by atoms with Crippen molar-refractivity contribution in [3.05, 3.63) is 64.5 Å². The van der Waals surface area contributed by atoms with E-state index in [1.54, 1.807) is 22.8 Å². The predicted molar refractivity (Wildman–Crippen MR) is 168 cm³/mol. The quantitative estimate of drug-likeness (QED) is 0.264. The number of carbonyl (C=O) groups is 3. The predicted octanol–water partition coefficient (Wildman–Crippen LogP) is 5.26. The third-order valence-corrected chi connectivity index (χ3v) is 6.47. The number of aromatic nitrogens is 1. The lowest BCUT2D eigenvalue weighted by atomic mass is 10.1. The van der Waals surface area contributed by atoms with Crippen LogP contribution in [0.1, 0.15) is 81.3 Å². The minimum Gasteiger partial charge on any atom is -0.461 e. The Balaban J connectivity index is 1.90. The molecule has 1 fully saturated rings. The Labute approximate surface area is 261 Å². The molecule has 0 atom stereocenters. The van der Waals surface area contributed by atoms with Gasteiger partial charge < -0.3 is 24.0 Å². The molecule has 1 aliphatic heterocycles. The van der Waals surface area contributed by atoms with Gasteiger partial charge in [-0.15, -0.1) is 0 Å². The van der Waals surface area contributed by atoms with Gasteiger partial charge in [0.05, 0.1) is 12.3 Å². The van der Waals surface area contributed by atoms with Crippen molar-refractivity contribution >= 4 is 18.2 Å². The lowest BCUT2D eigenvalue weighted by Crippen LogP contribution is -2.44. The molecule has 1 saturated heterocycles. The van der Waals surface area contributed by atoms with Gasteiger partial charge in [-0.1, -0.05) is 29.5 Å². The van der Waals surface area contributed by atoms with E-state index >= 15 is 0 Å². The lowest BCUT2D eigenvalue weighted by Gasteiger charge is -2.30. The van der Waals surface area contributed by atoms with Crippen LogP contribution in [-0.2, 0) is 20.8 Å². The molecule has 238 valence electrons. The van der Waals surface area contributed by atoms with E-state index in [1.165, 1.54) is 0 Å². The lowest BCUT2D eigenvalue weighted by molar-refractivity contribution is 0.0154. The Morgan fingerprint density at radius 1 is 0.773 bits per heavy atom. The van der Waals surface area contributed by atoms with Crippen LogP contribution in [0.15, 0.2) is 36.4 Å². The fraction of sp³-hybridized carbons (Fsp3) is 0.529. The first-order valence-electron chi connectivity index (χ1n) is 15.1. The van der Waals surface area contributed by atoms with Crippen molar-refractivity contribution in [3.63, 3.8) is 0 Å². The number of esters is 1. The summed E-state index contributed by atoms with van der Waals surface area (Å²) in [5, 5.41) is 0. The van der Waals surface area contributed by atoms with Gasteiger partial charge in [-0.25, -0.2) is 19.4 Å². The first-order valence-corrected chi connectivity index (χ1v) is 15.1. The summed E-state index contributed by atoms with van der Waals surface area (Å²) in [4.78, 5) is 48.8. The third-order valence-electron chi connectivity index (χ3n) is 6.47. The minimum atomic E-state index is -0.659. The van der Waals surface area contributed by atoms with Gasteiger partial charge >= 0.3 is 18.2 Å². The molecule has 1 aliphatic rings. The van der Waals surface area contributed by atoms with Crippen molar-refractivity contribution < 1.29 is 28.6 Å². The van der Waals surface area contributed by atoms with E-state index in [0.29, 0.717) is 57.1 Å². The molecule has 2 heterocycles. The first-order chi connectivity index (χ1) is 20.6. The zero-order valence-corrected chi connectivity index (χ0v) is 27.4. The number of carbonyl (C=O) groups excluding carboxylic acids is 3. The van der Waals surface area contributed by atoms with Gasteiger partial charge in [-0.2, -0.15) is 0 Å². The largest absolute Gasteiger partial charge is 0.461 e. The van der Waals surface area contributed by atoms with Crippen LogP contribution in [0.5, 0.6) is 0 Å². The summed E-state index contributed by atoms with van der Waals surface area (Å²) < 4.78 is 16.5. The average Bonchev–Trinajstić information content (AvgIpc) is 3.02. The van der Waals surface area contributed by atoms with Crippen molar-refractivity contribution in [2.75, 3.05) is 45.9 Å². The van der Waals surface area contributed by atoms with Crippen LogP contribution >= 0.6 is 0 Å². The number of hydrogen-bond donors (Lipinski definition) is 0. The van der Waals surface area contributed by atoms with Crippen molar-refractivity contribution in [1.82, 2.24) is 19.7 Å². The second-order valence-corrected chi connectivity index (χ2v) is 12.8. The van der Waals surface area contributed by atoms with Crippen LogP contribution in [0.3, 0.4) is 0 Å². The molecule has 0 aliphatic carbocycles. The van der Waals surface area contributed by atoms with Gasteiger partial charge in [-0.05, 0) is 79.7 Å². The number of ether oxygens (including phenoxy) is 3. The smallest absolute Gasteiger partial charge is 0.410 e. The highest BCUT2D eigenvalue weighted by Crippen LogP contribution is 2.16. The summed E-state index contributed by atoms with van der Waals surface area (Å²) in [5.74, 6) is 5.79. The molecule has 10 nitrogen and oxygen atoms in total. The molecule has 2 aromatic rings. The molecule has 0 radical (unpaired) electrons. The molecule has 44 heavy (non-hydrogen) atoms. The molecular weight excluding hydrogens is 560 g/mol. The van der Waals surface area contributed by atoms with Crippen LogP contribution in [0.2, 0.25) is 0 Å². The van der Waals surface area contributed by atoms with E-state index in [4.69, 9.17) is 14.2 Å². The molecular formula is C34H46N4O6. The van der Waals surface area contributed by atoms with Crippen molar-refractivity contribution in [3.8, 4) is 11.8 Å².